The summed E-state index contributed by atoms with van der Waals surface area (Å²) in [6, 6.07) is 12.1. The molecule has 0 spiro atoms. The van der Waals surface area contributed by atoms with E-state index in [0.717, 1.165) is 5.56 Å². The van der Waals surface area contributed by atoms with Crippen LogP contribution in [0.15, 0.2) is 60.2 Å². The van der Waals surface area contributed by atoms with E-state index in [4.69, 9.17) is 4.74 Å². The smallest absolute Gasteiger partial charge is 0.332 e. The number of carboxylic acid groups (broad SMARTS) is 1. The second-order valence-corrected chi connectivity index (χ2v) is 8.27. The van der Waals surface area contributed by atoms with Crippen LogP contribution >= 0.6 is 10.5 Å². The third-order valence-electron chi connectivity index (χ3n) is 4.68. The molecule has 148 valence electrons. The summed E-state index contributed by atoms with van der Waals surface area (Å²) < 4.78 is 6.00. The van der Waals surface area contributed by atoms with E-state index >= 15 is 0 Å². The molecule has 9 heteroatoms. The number of nitrogens with zero attached hydrogens (tertiary/aromatic N) is 3. The molecule has 0 saturated carbocycles. The Morgan fingerprint density at radius 2 is 1.93 bits per heavy atom. The lowest BCUT2D eigenvalue weighted by molar-refractivity contribution is -0.233. The van der Waals surface area contributed by atoms with Gasteiger partial charge in [0, 0.05) is 12.4 Å². The highest BCUT2D eigenvalue weighted by Gasteiger charge is 2.36. The number of thiophene rings is 1. The molecule has 1 unspecified atom stereocenters. The molecule has 0 saturated heterocycles. The summed E-state index contributed by atoms with van der Waals surface area (Å²) in [5.41, 5.74) is 2.00. The monoisotopic (exact) mass is 418 g/mol. The van der Waals surface area contributed by atoms with Crippen molar-refractivity contribution in [2.24, 2.45) is 0 Å². The molecule has 1 aromatic carbocycles. The van der Waals surface area contributed by atoms with Crippen LogP contribution < -0.4 is 20.1 Å². The highest BCUT2D eigenvalue weighted by Crippen LogP contribution is 2.47. The van der Waals surface area contributed by atoms with Crippen LogP contribution in [-0.2, 0) is 0 Å². The number of ether oxygens (including phenoxy) is 1. The summed E-state index contributed by atoms with van der Waals surface area (Å²) in [5.74, 6) is 1.26. The average Bonchev–Trinajstić information content (AvgIpc) is 3.11. The van der Waals surface area contributed by atoms with E-state index in [1.54, 1.807) is 24.4 Å². The summed E-state index contributed by atoms with van der Waals surface area (Å²) >= 11 is 0. The first-order chi connectivity index (χ1) is 14.5. The molecule has 1 aliphatic heterocycles. The highest BCUT2D eigenvalue weighted by atomic mass is 32.2. The molecule has 1 N–H and O–H groups in total. The van der Waals surface area contributed by atoms with Crippen LogP contribution in [0.25, 0.3) is 10.2 Å². The summed E-state index contributed by atoms with van der Waals surface area (Å²) in [7, 11) is -1.34. The number of anilines is 3. The van der Waals surface area contributed by atoms with E-state index in [1.165, 1.54) is 16.5 Å². The Kier molecular flexibility index (Phi) is 4.11. The fourth-order valence-corrected chi connectivity index (χ4v) is 4.73. The van der Waals surface area contributed by atoms with Crippen molar-refractivity contribution in [3.8, 4) is 11.5 Å². The number of pyridine rings is 2. The Morgan fingerprint density at radius 1 is 1.13 bits per heavy atom. The van der Waals surface area contributed by atoms with Crippen LogP contribution in [0, 0.1) is 6.92 Å². The first kappa shape index (κ1) is 18.1. The third kappa shape index (κ3) is 2.83. The number of carbonyl (C=O) groups is 2. The number of aromatic nitrogens is 2. The average molecular weight is 418 g/mol. The van der Waals surface area contributed by atoms with E-state index in [9.17, 15) is 14.7 Å². The fourth-order valence-electron chi connectivity index (χ4n) is 3.34. The predicted octanol–water partition coefficient (Wildman–Crippen LogP) is 4.35. The van der Waals surface area contributed by atoms with Crippen molar-refractivity contribution in [2.45, 2.75) is 6.92 Å². The summed E-state index contributed by atoms with van der Waals surface area (Å²) in [5, 5.41) is 15.0. The number of hydrogen-bond donors (Lipinski definition) is 1. The molecule has 8 nitrogen and oxygen atoms in total. The van der Waals surface area contributed by atoms with Gasteiger partial charge in [0.25, 0.3) is 4.83 Å². The maximum Gasteiger partial charge on any atom is 0.332 e. The largest absolute Gasteiger partial charge is 0.500 e. The van der Waals surface area contributed by atoms with Crippen molar-refractivity contribution in [2.75, 3.05) is 10.2 Å². The normalized spacial score (nSPS) is 13.3. The van der Waals surface area contributed by atoms with Gasteiger partial charge in [0.05, 0.1) is 16.2 Å². The van der Waals surface area contributed by atoms with Crippen LogP contribution in [0.5, 0.6) is 11.5 Å². The maximum absolute atomic E-state index is 13.0. The molecule has 3 aromatic heterocycles. The van der Waals surface area contributed by atoms with Gasteiger partial charge in [-0.2, -0.15) is 0 Å². The van der Waals surface area contributed by atoms with Crippen LogP contribution in [-0.4, -0.2) is 21.3 Å². The van der Waals surface area contributed by atoms with E-state index < -0.39 is 21.8 Å². The van der Waals surface area contributed by atoms with Gasteiger partial charge in [-0.1, -0.05) is 17.7 Å². The number of benzene rings is 1. The summed E-state index contributed by atoms with van der Waals surface area (Å²) in [4.78, 5) is 34.8. The van der Waals surface area contributed by atoms with Gasteiger partial charge >= 0.3 is 11.3 Å². The molecule has 5 rings (SSSR count). The van der Waals surface area contributed by atoms with Crippen molar-refractivity contribution >= 4 is 49.2 Å². The highest BCUT2D eigenvalue weighted by molar-refractivity contribution is 7.54. The zero-order chi connectivity index (χ0) is 20.8. The number of amides is 2. The molecule has 0 bridgehead atoms. The Labute approximate surface area is 173 Å². The number of rotatable bonds is 4. The van der Waals surface area contributed by atoms with Gasteiger partial charge in [0.15, 0.2) is 16.9 Å². The molecule has 2 amide bonds. The van der Waals surface area contributed by atoms with E-state index in [0.29, 0.717) is 33.1 Å². The topological polar surface area (TPSA) is 107 Å². The van der Waals surface area contributed by atoms with Crippen molar-refractivity contribution in [3.05, 3.63) is 65.8 Å². The van der Waals surface area contributed by atoms with Gasteiger partial charge in [-0.05, 0) is 37.3 Å². The lowest BCUT2D eigenvalue weighted by atomic mass is 10.2. The second-order valence-electron chi connectivity index (χ2n) is 6.64. The molecular weight excluding hydrogens is 404 g/mol. The van der Waals surface area contributed by atoms with Gasteiger partial charge in [-0.3, -0.25) is 0 Å². The SMILES string of the molecule is Cc1ccc(Oc2cccnc2N2C(=O)Nc3c[s+](C(=O)[O-])c4nccc2c34)cc1. The minimum Gasteiger partial charge on any atom is -0.500 e. The van der Waals surface area contributed by atoms with Crippen LogP contribution in [0.3, 0.4) is 0 Å². The van der Waals surface area contributed by atoms with Crippen molar-refractivity contribution < 1.29 is 19.4 Å². The Bertz CT molecular complexity index is 1320. The van der Waals surface area contributed by atoms with E-state index in [-0.39, 0.29) is 5.82 Å². The molecule has 4 aromatic rings. The Hall–Kier alpha value is -3.98. The molecular formula is C21H14N4O4S. The van der Waals surface area contributed by atoms with E-state index in [2.05, 4.69) is 15.3 Å². The molecule has 1 aliphatic rings. The van der Waals surface area contributed by atoms with E-state index in [1.807, 2.05) is 31.2 Å². The Balaban J connectivity index is 1.65. The molecule has 0 aliphatic carbocycles. The van der Waals surface area contributed by atoms with Crippen molar-refractivity contribution in [1.29, 1.82) is 0 Å². The summed E-state index contributed by atoms with van der Waals surface area (Å²) in [6.07, 6.45) is 3.03. The van der Waals surface area contributed by atoms with Crippen LogP contribution in [0.1, 0.15) is 5.56 Å². The number of nitrogens with one attached hydrogen (secondary N) is 1. The quantitative estimate of drug-likeness (QED) is 0.494. The van der Waals surface area contributed by atoms with Crippen LogP contribution in [0.2, 0.25) is 0 Å². The fraction of sp³-hybridized carbons (Fsp3) is 0.0476. The lowest BCUT2D eigenvalue weighted by Crippen LogP contribution is -2.34. The minimum atomic E-state index is -1.34. The number of carbonyl (C=O) groups excluding carboxylic acids is 2. The first-order valence-corrected chi connectivity index (χ1v) is 10.3. The second kappa shape index (κ2) is 6.82. The molecule has 4 heterocycles. The zero-order valence-electron chi connectivity index (χ0n) is 15.7. The predicted molar refractivity (Wildman–Crippen MR) is 112 cm³/mol. The van der Waals surface area contributed by atoms with Crippen LogP contribution in [0.4, 0.5) is 26.8 Å². The minimum absolute atomic E-state index is 0.281. The standard InChI is InChI=1S/C21H14N4O4S/c1-12-4-6-13(7-5-12)29-16-3-2-9-22-18(16)25-15-8-10-23-19-17(15)14(24-20(25)26)11-30(19)21(27)28/h2-11H,1H3,(H-,24,26,27,28). The molecule has 1 atom stereocenters. The maximum atomic E-state index is 13.0. The van der Waals surface area contributed by atoms with Gasteiger partial charge in [-0.25, -0.2) is 19.7 Å². The van der Waals surface area contributed by atoms with Gasteiger partial charge in [0.2, 0.25) is 0 Å². The zero-order valence-corrected chi connectivity index (χ0v) is 16.5. The van der Waals surface area contributed by atoms with Gasteiger partial charge < -0.3 is 20.0 Å². The molecule has 0 radical (unpaired) electrons. The number of urea groups is 1. The third-order valence-corrected chi connectivity index (χ3v) is 6.24. The number of hydrogen-bond acceptors (Lipinski definition) is 6. The Morgan fingerprint density at radius 3 is 2.70 bits per heavy atom. The van der Waals surface area contributed by atoms with Crippen molar-refractivity contribution in [3.63, 3.8) is 0 Å². The van der Waals surface area contributed by atoms with Gasteiger partial charge in [-0.15, -0.1) is 0 Å². The first-order valence-electron chi connectivity index (χ1n) is 8.99. The lowest BCUT2D eigenvalue weighted by Gasteiger charge is -2.27. The van der Waals surface area contributed by atoms with Crippen molar-refractivity contribution in [1.82, 2.24) is 9.97 Å². The van der Waals surface area contributed by atoms with Gasteiger partial charge in [0.1, 0.15) is 16.8 Å². The molecule has 0 fully saturated rings. The molecule has 30 heavy (non-hydrogen) atoms. The number of aryl methyl sites for hydroxylation is 1. The summed E-state index contributed by atoms with van der Waals surface area (Å²) in [6.45, 7) is 1.98.